The molecule has 18 heavy (non-hydrogen) atoms. The molecule has 0 atom stereocenters. The Kier molecular flexibility index (Phi) is 2.64. The van der Waals surface area contributed by atoms with Crippen LogP contribution in [0.5, 0.6) is 0 Å². The Labute approximate surface area is 109 Å². The summed E-state index contributed by atoms with van der Waals surface area (Å²) in [6.07, 6.45) is 4.16. The lowest BCUT2D eigenvalue weighted by atomic mass is 10.1. The highest BCUT2D eigenvalue weighted by molar-refractivity contribution is 6.31. The van der Waals surface area contributed by atoms with E-state index in [-0.39, 0.29) is 0 Å². The molecule has 0 aliphatic heterocycles. The number of halogens is 1. The highest BCUT2D eigenvalue weighted by atomic mass is 35.5. The Hall–Kier alpha value is -2.07. The van der Waals surface area contributed by atoms with Crippen molar-refractivity contribution in [2.75, 3.05) is 5.73 Å². The van der Waals surface area contributed by atoms with Crippen molar-refractivity contribution in [1.29, 1.82) is 0 Å². The van der Waals surface area contributed by atoms with Gasteiger partial charge >= 0.3 is 0 Å². The maximum Gasteiger partial charge on any atom is 0.160 e. The van der Waals surface area contributed by atoms with Gasteiger partial charge in [0.05, 0.1) is 6.20 Å². The first-order valence-electron chi connectivity index (χ1n) is 5.56. The van der Waals surface area contributed by atoms with Crippen molar-refractivity contribution in [3.05, 3.63) is 58.9 Å². The molecule has 5 heteroatoms. The van der Waals surface area contributed by atoms with E-state index < -0.39 is 0 Å². The van der Waals surface area contributed by atoms with Crippen LogP contribution in [0, 0.1) is 0 Å². The largest absolute Gasteiger partial charge is 0.384 e. The number of hydrogen-bond donors (Lipinski definition) is 1. The Morgan fingerprint density at radius 3 is 2.83 bits per heavy atom. The molecular formula is C13H11ClN4. The van der Waals surface area contributed by atoms with Crippen LogP contribution in [-0.4, -0.2) is 14.6 Å². The Bertz CT molecular complexity index is 705. The fourth-order valence-electron chi connectivity index (χ4n) is 1.93. The van der Waals surface area contributed by atoms with Crippen LogP contribution in [0.3, 0.4) is 0 Å². The van der Waals surface area contributed by atoms with Crippen LogP contribution < -0.4 is 5.73 Å². The summed E-state index contributed by atoms with van der Waals surface area (Å²) in [5.74, 6) is 0.574. The maximum absolute atomic E-state index is 6.15. The molecule has 0 aliphatic rings. The molecule has 2 aromatic heterocycles. The van der Waals surface area contributed by atoms with Gasteiger partial charge in [0.2, 0.25) is 0 Å². The van der Waals surface area contributed by atoms with Crippen LogP contribution in [0.1, 0.15) is 11.1 Å². The van der Waals surface area contributed by atoms with Crippen molar-refractivity contribution < 1.29 is 0 Å². The molecule has 4 nitrogen and oxygen atoms in total. The third-order valence-corrected chi connectivity index (χ3v) is 3.21. The summed E-state index contributed by atoms with van der Waals surface area (Å²) in [6, 6.07) is 9.48. The maximum atomic E-state index is 6.15. The summed E-state index contributed by atoms with van der Waals surface area (Å²) in [7, 11) is 0. The third-order valence-electron chi connectivity index (χ3n) is 2.84. The van der Waals surface area contributed by atoms with Gasteiger partial charge in [-0.05, 0) is 17.7 Å². The first-order valence-corrected chi connectivity index (χ1v) is 5.94. The molecular weight excluding hydrogens is 248 g/mol. The van der Waals surface area contributed by atoms with E-state index >= 15 is 0 Å². The second kappa shape index (κ2) is 4.31. The Morgan fingerprint density at radius 2 is 2.00 bits per heavy atom. The number of aromatic nitrogens is 3. The third kappa shape index (κ3) is 1.80. The summed E-state index contributed by atoms with van der Waals surface area (Å²) in [5.41, 5.74) is 8.66. The highest BCUT2D eigenvalue weighted by Gasteiger charge is 2.09. The van der Waals surface area contributed by atoms with Gasteiger partial charge in [0.1, 0.15) is 5.82 Å². The second-order valence-corrected chi connectivity index (χ2v) is 4.45. The van der Waals surface area contributed by atoms with Crippen molar-refractivity contribution in [2.24, 2.45) is 0 Å². The summed E-state index contributed by atoms with van der Waals surface area (Å²) in [4.78, 5) is 4.31. The van der Waals surface area contributed by atoms with Crippen molar-refractivity contribution >= 4 is 23.1 Å². The van der Waals surface area contributed by atoms with Crippen LogP contribution in [-0.2, 0) is 6.42 Å². The molecule has 3 rings (SSSR count). The van der Waals surface area contributed by atoms with Gasteiger partial charge in [-0.3, -0.25) is 0 Å². The average Bonchev–Trinajstić information content (AvgIpc) is 2.77. The first kappa shape index (κ1) is 11.0. The normalized spacial score (nSPS) is 10.9. The number of nitrogens with zero attached hydrogens (tertiary/aromatic N) is 3. The number of benzene rings is 1. The van der Waals surface area contributed by atoms with Gasteiger partial charge in [-0.15, -0.1) is 0 Å². The quantitative estimate of drug-likeness (QED) is 0.769. The van der Waals surface area contributed by atoms with E-state index in [1.165, 1.54) is 0 Å². The average molecular weight is 259 g/mol. The fourth-order valence-corrected chi connectivity index (χ4v) is 2.13. The van der Waals surface area contributed by atoms with Gasteiger partial charge in [0, 0.05) is 23.2 Å². The van der Waals surface area contributed by atoms with Crippen molar-refractivity contribution in [2.45, 2.75) is 6.42 Å². The van der Waals surface area contributed by atoms with Crippen molar-refractivity contribution in [1.82, 2.24) is 14.6 Å². The molecule has 0 aliphatic carbocycles. The molecule has 0 saturated carbocycles. The van der Waals surface area contributed by atoms with Crippen LogP contribution in [0.25, 0.3) is 5.65 Å². The number of hydrogen-bond acceptors (Lipinski definition) is 3. The van der Waals surface area contributed by atoms with Gasteiger partial charge in [-0.1, -0.05) is 29.8 Å². The lowest BCUT2D eigenvalue weighted by Gasteiger charge is -2.02. The Morgan fingerprint density at radius 1 is 1.17 bits per heavy atom. The van der Waals surface area contributed by atoms with Crippen molar-refractivity contribution in [3.63, 3.8) is 0 Å². The Balaban J connectivity index is 2.06. The first-order chi connectivity index (χ1) is 8.75. The topological polar surface area (TPSA) is 56.2 Å². The number of nitrogen functional groups attached to an aromatic ring is 1. The van der Waals surface area contributed by atoms with E-state index in [0.29, 0.717) is 12.2 Å². The zero-order chi connectivity index (χ0) is 12.5. The zero-order valence-corrected chi connectivity index (χ0v) is 10.3. The van der Waals surface area contributed by atoms with Gasteiger partial charge in [-0.25, -0.2) is 4.98 Å². The van der Waals surface area contributed by atoms with Gasteiger partial charge in [0.25, 0.3) is 0 Å². The summed E-state index contributed by atoms with van der Waals surface area (Å²) in [6.45, 7) is 0. The van der Waals surface area contributed by atoms with E-state index in [0.717, 1.165) is 21.8 Å². The van der Waals surface area contributed by atoms with E-state index in [4.69, 9.17) is 17.3 Å². The fraction of sp³-hybridized carbons (Fsp3) is 0.0769. The lowest BCUT2D eigenvalue weighted by molar-refractivity contribution is 0.952. The minimum Gasteiger partial charge on any atom is -0.384 e. The lowest BCUT2D eigenvalue weighted by Crippen LogP contribution is -1.99. The SMILES string of the molecule is Nc1ccnc2c(Cc3ccccc3Cl)cnn12. The van der Waals surface area contributed by atoms with E-state index in [9.17, 15) is 0 Å². The predicted octanol–water partition coefficient (Wildman–Crippen LogP) is 2.56. The van der Waals surface area contributed by atoms with E-state index in [1.54, 1.807) is 23.0 Å². The molecule has 3 aromatic rings. The zero-order valence-electron chi connectivity index (χ0n) is 9.55. The van der Waals surface area contributed by atoms with Crippen LogP contribution in [0.2, 0.25) is 5.02 Å². The molecule has 1 aromatic carbocycles. The standard InChI is InChI=1S/C13H11ClN4/c14-11-4-2-1-3-9(11)7-10-8-17-18-12(15)5-6-16-13(10)18/h1-6,8H,7,15H2. The molecule has 2 heterocycles. The molecule has 0 bridgehead atoms. The number of rotatable bonds is 2. The number of fused-ring (bicyclic) bond motifs is 1. The molecule has 90 valence electrons. The molecule has 0 unspecified atom stereocenters. The molecule has 0 spiro atoms. The molecule has 2 N–H and O–H groups in total. The second-order valence-electron chi connectivity index (χ2n) is 4.04. The number of nitrogens with two attached hydrogens (primary N) is 1. The van der Waals surface area contributed by atoms with E-state index in [2.05, 4.69) is 10.1 Å². The molecule has 0 fully saturated rings. The van der Waals surface area contributed by atoms with Crippen molar-refractivity contribution in [3.8, 4) is 0 Å². The molecule has 0 amide bonds. The van der Waals surface area contributed by atoms with Crippen LogP contribution in [0.4, 0.5) is 5.82 Å². The highest BCUT2D eigenvalue weighted by Crippen LogP contribution is 2.21. The predicted molar refractivity (Wildman–Crippen MR) is 71.7 cm³/mol. The smallest absolute Gasteiger partial charge is 0.160 e. The molecule has 0 saturated heterocycles. The number of anilines is 1. The minimum atomic E-state index is 0.574. The van der Waals surface area contributed by atoms with Gasteiger partial charge in [-0.2, -0.15) is 9.61 Å². The summed E-state index contributed by atoms with van der Waals surface area (Å²) in [5, 5.41) is 4.98. The van der Waals surface area contributed by atoms with Crippen LogP contribution >= 0.6 is 11.6 Å². The van der Waals surface area contributed by atoms with Gasteiger partial charge < -0.3 is 5.73 Å². The minimum absolute atomic E-state index is 0.574. The monoisotopic (exact) mass is 258 g/mol. The summed E-state index contributed by atoms with van der Waals surface area (Å²) < 4.78 is 1.63. The molecule has 0 radical (unpaired) electrons. The summed E-state index contributed by atoms with van der Waals surface area (Å²) >= 11 is 6.15. The van der Waals surface area contributed by atoms with Crippen LogP contribution in [0.15, 0.2) is 42.7 Å². The van der Waals surface area contributed by atoms with E-state index in [1.807, 2.05) is 24.3 Å². The van der Waals surface area contributed by atoms with Gasteiger partial charge in [0.15, 0.2) is 5.65 Å².